The van der Waals surface area contributed by atoms with Gasteiger partial charge in [0.15, 0.2) is 5.11 Å². The van der Waals surface area contributed by atoms with Gasteiger partial charge in [-0.2, -0.15) is 0 Å². The molecule has 76 valence electrons. The normalized spacial score (nSPS) is 20.1. The minimum Gasteiger partial charge on any atom is -0.359 e. The Balaban J connectivity index is 2.25. The highest BCUT2D eigenvalue weighted by Crippen LogP contribution is 2.16. The van der Waals surface area contributed by atoms with Crippen LogP contribution in [0.25, 0.3) is 0 Å². The molecule has 0 aromatic heterocycles. The predicted molar refractivity (Wildman–Crippen MR) is 59.2 cm³/mol. The van der Waals surface area contributed by atoms with E-state index < -0.39 is 0 Å². The van der Waals surface area contributed by atoms with Gasteiger partial charge in [-0.05, 0) is 25.1 Å². The number of nitrogens with two attached hydrogens (primary N) is 1. The van der Waals surface area contributed by atoms with Crippen LogP contribution in [0.2, 0.25) is 0 Å². The Labute approximate surface area is 85.4 Å². The van der Waals surface area contributed by atoms with E-state index in [1.165, 1.54) is 44.9 Å². The molecule has 0 aromatic carbocycles. The monoisotopic (exact) mass is 201 g/mol. The summed E-state index contributed by atoms with van der Waals surface area (Å²) in [5.74, 6) is 5.21. The van der Waals surface area contributed by atoms with Crippen molar-refractivity contribution in [2.45, 2.75) is 51.0 Å². The molecule has 0 radical (unpaired) electrons. The second-order valence-corrected chi connectivity index (χ2v) is 4.07. The highest BCUT2D eigenvalue weighted by atomic mass is 32.1. The van der Waals surface area contributed by atoms with E-state index in [2.05, 4.69) is 10.7 Å². The van der Waals surface area contributed by atoms with Crippen molar-refractivity contribution in [2.24, 2.45) is 5.84 Å². The van der Waals surface area contributed by atoms with Crippen LogP contribution >= 0.6 is 12.2 Å². The van der Waals surface area contributed by atoms with E-state index in [1.54, 1.807) is 0 Å². The van der Waals surface area contributed by atoms with Gasteiger partial charge in [0.1, 0.15) is 0 Å². The van der Waals surface area contributed by atoms with E-state index in [0.717, 1.165) is 0 Å². The third kappa shape index (κ3) is 4.43. The molecule has 0 atom stereocenters. The molecule has 4 N–H and O–H groups in total. The summed E-state index contributed by atoms with van der Waals surface area (Å²) in [4.78, 5) is 0. The molecule has 4 heteroatoms. The number of hydrazine groups is 1. The second kappa shape index (κ2) is 6.16. The zero-order chi connectivity index (χ0) is 9.52. The lowest BCUT2D eigenvalue weighted by molar-refractivity contribution is 0.427. The van der Waals surface area contributed by atoms with Crippen molar-refractivity contribution in [2.75, 3.05) is 0 Å². The van der Waals surface area contributed by atoms with Crippen LogP contribution in [0.1, 0.15) is 44.9 Å². The first-order valence-corrected chi connectivity index (χ1v) is 5.51. The van der Waals surface area contributed by atoms with Gasteiger partial charge >= 0.3 is 0 Å². The molecule has 0 bridgehead atoms. The van der Waals surface area contributed by atoms with Gasteiger partial charge in [-0.3, -0.25) is 0 Å². The van der Waals surface area contributed by atoms with Gasteiger partial charge in [-0.25, -0.2) is 5.84 Å². The van der Waals surface area contributed by atoms with Crippen molar-refractivity contribution in [3.8, 4) is 0 Å². The first kappa shape index (κ1) is 10.7. The van der Waals surface area contributed by atoms with Crippen LogP contribution < -0.4 is 16.6 Å². The highest BCUT2D eigenvalue weighted by molar-refractivity contribution is 7.80. The molecular weight excluding hydrogens is 182 g/mol. The summed E-state index contributed by atoms with van der Waals surface area (Å²) in [6, 6.07) is 0.531. The number of hydrogen-bond acceptors (Lipinski definition) is 2. The Hall–Kier alpha value is -0.350. The smallest absolute Gasteiger partial charge is 0.180 e. The van der Waals surface area contributed by atoms with Gasteiger partial charge in [-0.1, -0.05) is 32.1 Å². The molecule has 0 aromatic rings. The maximum absolute atomic E-state index is 5.21. The Morgan fingerprint density at radius 1 is 1.08 bits per heavy atom. The third-order valence-electron chi connectivity index (χ3n) is 2.57. The van der Waals surface area contributed by atoms with Gasteiger partial charge in [0.2, 0.25) is 0 Å². The maximum atomic E-state index is 5.21. The van der Waals surface area contributed by atoms with Crippen molar-refractivity contribution in [3.05, 3.63) is 0 Å². The first-order valence-electron chi connectivity index (χ1n) is 5.10. The Bertz CT molecular complexity index is 153. The van der Waals surface area contributed by atoms with Crippen molar-refractivity contribution in [1.29, 1.82) is 0 Å². The largest absolute Gasteiger partial charge is 0.359 e. The van der Waals surface area contributed by atoms with Crippen LogP contribution in [0, 0.1) is 0 Å². The quantitative estimate of drug-likeness (QED) is 0.341. The van der Waals surface area contributed by atoms with Crippen molar-refractivity contribution < 1.29 is 0 Å². The summed E-state index contributed by atoms with van der Waals surface area (Å²) in [5, 5.41) is 3.81. The molecule has 0 unspecified atom stereocenters. The lowest BCUT2D eigenvalue weighted by Gasteiger charge is -2.21. The molecule has 13 heavy (non-hydrogen) atoms. The van der Waals surface area contributed by atoms with E-state index in [4.69, 9.17) is 18.1 Å². The molecule has 0 saturated heterocycles. The lowest BCUT2D eigenvalue weighted by atomic mass is 9.97. The lowest BCUT2D eigenvalue weighted by Crippen LogP contribution is -2.45. The van der Waals surface area contributed by atoms with Crippen molar-refractivity contribution >= 4 is 17.3 Å². The first-order chi connectivity index (χ1) is 6.33. The van der Waals surface area contributed by atoms with E-state index >= 15 is 0 Å². The maximum Gasteiger partial charge on any atom is 0.180 e. The summed E-state index contributed by atoms with van der Waals surface area (Å²) in [5.41, 5.74) is 2.47. The van der Waals surface area contributed by atoms with Crippen LogP contribution in [0.15, 0.2) is 0 Å². The van der Waals surface area contributed by atoms with Gasteiger partial charge in [-0.15, -0.1) is 0 Å². The van der Waals surface area contributed by atoms with E-state index in [0.29, 0.717) is 11.2 Å². The van der Waals surface area contributed by atoms with Gasteiger partial charge in [0, 0.05) is 6.04 Å². The van der Waals surface area contributed by atoms with E-state index in [1.807, 2.05) is 0 Å². The molecule has 1 aliphatic rings. The van der Waals surface area contributed by atoms with Crippen LogP contribution in [-0.4, -0.2) is 11.2 Å². The fourth-order valence-corrected chi connectivity index (χ4v) is 1.99. The second-order valence-electron chi connectivity index (χ2n) is 3.66. The molecule has 0 aliphatic heterocycles. The fraction of sp³-hybridized carbons (Fsp3) is 0.889. The zero-order valence-corrected chi connectivity index (χ0v) is 8.83. The van der Waals surface area contributed by atoms with Gasteiger partial charge in [0.05, 0.1) is 0 Å². The molecule has 1 fully saturated rings. The number of rotatable bonds is 1. The Morgan fingerprint density at radius 3 is 2.15 bits per heavy atom. The highest BCUT2D eigenvalue weighted by Gasteiger charge is 2.11. The topological polar surface area (TPSA) is 50.1 Å². The predicted octanol–water partition coefficient (Wildman–Crippen LogP) is 1.44. The molecule has 1 saturated carbocycles. The van der Waals surface area contributed by atoms with Crippen molar-refractivity contribution in [3.63, 3.8) is 0 Å². The van der Waals surface area contributed by atoms with Gasteiger partial charge < -0.3 is 10.7 Å². The number of thiocarbonyl (C=S) groups is 1. The van der Waals surface area contributed by atoms with Crippen LogP contribution in [0.3, 0.4) is 0 Å². The molecule has 0 heterocycles. The zero-order valence-electron chi connectivity index (χ0n) is 8.01. The van der Waals surface area contributed by atoms with Crippen LogP contribution in [0.4, 0.5) is 0 Å². The SMILES string of the molecule is NNC(=S)NC1CCCCCCC1. The van der Waals surface area contributed by atoms with Crippen molar-refractivity contribution in [1.82, 2.24) is 10.7 Å². The summed E-state index contributed by atoms with van der Waals surface area (Å²) in [6.45, 7) is 0. The molecule has 1 rings (SSSR count). The minimum atomic E-state index is 0.531. The van der Waals surface area contributed by atoms with E-state index in [-0.39, 0.29) is 0 Å². The van der Waals surface area contributed by atoms with E-state index in [9.17, 15) is 0 Å². The molecule has 0 amide bonds. The summed E-state index contributed by atoms with van der Waals surface area (Å²) >= 11 is 4.97. The molecular formula is C9H19N3S. The average Bonchev–Trinajstić information content (AvgIpc) is 2.09. The van der Waals surface area contributed by atoms with Gasteiger partial charge in [0.25, 0.3) is 0 Å². The van der Waals surface area contributed by atoms with Crippen LogP contribution in [0.5, 0.6) is 0 Å². The molecule has 0 spiro atoms. The Kier molecular flexibility index (Phi) is 5.08. The Morgan fingerprint density at radius 2 is 1.62 bits per heavy atom. The minimum absolute atomic E-state index is 0.531. The average molecular weight is 201 g/mol. The number of nitrogens with one attached hydrogen (secondary N) is 2. The molecule has 1 aliphatic carbocycles. The third-order valence-corrected chi connectivity index (χ3v) is 2.81. The summed E-state index contributed by atoms with van der Waals surface area (Å²) in [6.07, 6.45) is 9.19. The summed E-state index contributed by atoms with van der Waals surface area (Å²) in [7, 11) is 0. The number of hydrogen-bond donors (Lipinski definition) is 3. The van der Waals surface area contributed by atoms with Crippen LogP contribution in [-0.2, 0) is 0 Å². The fourth-order valence-electron chi connectivity index (χ4n) is 1.83. The summed E-state index contributed by atoms with van der Waals surface area (Å²) < 4.78 is 0. The standard InChI is InChI=1S/C9H19N3S/c10-12-9(13)11-8-6-4-2-1-3-5-7-8/h8H,1-7,10H2,(H2,11,12,13). The molecule has 3 nitrogen and oxygen atoms in total.